The van der Waals surface area contributed by atoms with Gasteiger partial charge in [-0.3, -0.25) is 0 Å². The maximum Gasteiger partial charge on any atom is 0.123 e. The Kier molecular flexibility index (Phi) is 3.98. The molecule has 2 aromatic carbocycles. The van der Waals surface area contributed by atoms with Crippen molar-refractivity contribution < 1.29 is 9.13 Å². The lowest BCUT2D eigenvalue weighted by Gasteiger charge is -2.09. The van der Waals surface area contributed by atoms with Crippen molar-refractivity contribution in [1.82, 2.24) is 0 Å². The summed E-state index contributed by atoms with van der Waals surface area (Å²) in [5, 5.41) is 0. The Labute approximate surface area is 107 Å². The summed E-state index contributed by atoms with van der Waals surface area (Å²) in [5.41, 5.74) is 2.26. The molecule has 2 heteroatoms. The van der Waals surface area contributed by atoms with E-state index in [0.717, 1.165) is 11.3 Å². The lowest BCUT2D eigenvalue weighted by Crippen LogP contribution is -1.96. The fraction of sp³-hybridized carbons (Fsp3) is 0.250. The molecule has 0 N–H and O–H groups in total. The molecular weight excluding hydrogens is 227 g/mol. The lowest BCUT2D eigenvalue weighted by atomic mass is 10.0. The number of halogens is 1. The molecular formula is C16H17FO. The molecule has 0 heterocycles. The summed E-state index contributed by atoms with van der Waals surface area (Å²) in [5.74, 6) is 1.14. The van der Waals surface area contributed by atoms with E-state index in [9.17, 15) is 4.39 Å². The van der Waals surface area contributed by atoms with E-state index in [4.69, 9.17) is 4.74 Å². The van der Waals surface area contributed by atoms with Crippen molar-refractivity contribution >= 4 is 0 Å². The van der Waals surface area contributed by atoms with Gasteiger partial charge in [0.1, 0.15) is 18.2 Å². The molecule has 2 aromatic rings. The van der Waals surface area contributed by atoms with Crippen LogP contribution >= 0.6 is 0 Å². The van der Waals surface area contributed by atoms with Crippen molar-refractivity contribution in [2.24, 2.45) is 0 Å². The summed E-state index contributed by atoms with van der Waals surface area (Å²) in [4.78, 5) is 0. The molecule has 0 saturated heterocycles. The first-order valence-corrected chi connectivity index (χ1v) is 6.12. The van der Waals surface area contributed by atoms with Crippen LogP contribution < -0.4 is 4.74 Å². The van der Waals surface area contributed by atoms with Crippen molar-refractivity contribution in [3.8, 4) is 5.75 Å². The largest absolute Gasteiger partial charge is 0.489 e. The Bertz CT molecular complexity index is 486. The Balaban J connectivity index is 1.95. The molecule has 0 fully saturated rings. The van der Waals surface area contributed by atoms with Crippen molar-refractivity contribution in [2.45, 2.75) is 26.4 Å². The predicted octanol–water partition coefficient (Wildman–Crippen LogP) is 4.53. The zero-order valence-electron chi connectivity index (χ0n) is 10.7. The van der Waals surface area contributed by atoms with E-state index in [1.165, 1.54) is 17.7 Å². The third kappa shape index (κ3) is 3.33. The van der Waals surface area contributed by atoms with Gasteiger partial charge in [0.15, 0.2) is 0 Å². The molecule has 0 spiro atoms. The maximum absolute atomic E-state index is 12.7. The molecule has 0 radical (unpaired) electrons. The first kappa shape index (κ1) is 12.6. The van der Waals surface area contributed by atoms with Gasteiger partial charge in [0.05, 0.1) is 0 Å². The average molecular weight is 244 g/mol. The van der Waals surface area contributed by atoms with E-state index < -0.39 is 0 Å². The van der Waals surface area contributed by atoms with Gasteiger partial charge in [0.2, 0.25) is 0 Å². The highest BCUT2D eigenvalue weighted by Crippen LogP contribution is 2.19. The highest BCUT2D eigenvalue weighted by molar-refractivity contribution is 5.29. The van der Waals surface area contributed by atoms with Gasteiger partial charge in [0, 0.05) is 0 Å². The molecule has 0 unspecified atom stereocenters. The summed E-state index contributed by atoms with van der Waals surface area (Å²) < 4.78 is 18.4. The van der Waals surface area contributed by atoms with E-state index in [2.05, 4.69) is 26.0 Å². The van der Waals surface area contributed by atoms with Gasteiger partial charge in [-0.05, 0) is 41.3 Å². The third-order valence-electron chi connectivity index (χ3n) is 2.87. The second kappa shape index (κ2) is 5.67. The minimum Gasteiger partial charge on any atom is -0.489 e. The third-order valence-corrected chi connectivity index (χ3v) is 2.87. The van der Waals surface area contributed by atoms with E-state index in [1.807, 2.05) is 12.1 Å². The summed E-state index contributed by atoms with van der Waals surface area (Å²) in [6.07, 6.45) is 0. The molecule has 1 nitrogen and oxygen atoms in total. The minimum absolute atomic E-state index is 0.222. The van der Waals surface area contributed by atoms with Gasteiger partial charge in [-0.15, -0.1) is 0 Å². The first-order valence-electron chi connectivity index (χ1n) is 6.12. The van der Waals surface area contributed by atoms with Crippen LogP contribution in [0.1, 0.15) is 30.9 Å². The molecule has 0 aromatic heterocycles. The standard InChI is InChI=1S/C16H17FO/c1-12(2)14-5-9-16(10-6-14)18-11-13-3-7-15(17)8-4-13/h3-10,12H,11H2,1-2H3. The van der Waals surface area contributed by atoms with Crippen LogP contribution in [0.15, 0.2) is 48.5 Å². The number of benzene rings is 2. The quantitative estimate of drug-likeness (QED) is 0.767. The van der Waals surface area contributed by atoms with E-state index in [-0.39, 0.29) is 5.82 Å². The summed E-state index contributed by atoms with van der Waals surface area (Å²) in [6, 6.07) is 14.4. The minimum atomic E-state index is -0.222. The lowest BCUT2D eigenvalue weighted by molar-refractivity contribution is 0.306. The summed E-state index contributed by atoms with van der Waals surface area (Å²) >= 11 is 0. The van der Waals surface area contributed by atoms with Crippen molar-refractivity contribution in [3.63, 3.8) is 0 Å². The highest BCUT2D eigenvalue weighted by Gasteiger charge is 2.00. The molecule has 0 bridgehead atoms. The van der Waals surface area contributed by atoms with Crippen LogP contribution in [0.25, 0.3) is 0 Å². The number of rotatable bonds is 4. The van der Waals surface area contributed by atoms with E-state index in [0.29, 0.717) is 12.5 Å². The van der Waals surface area contributed by atoms with Gasteiger partial charge in [-0.1, -0.05) is 38.1 Å². The molecule has 18 heavy (non-hydrogen) atoms. The molecule has 0 aliphatic rings. The van der Waals surface area contributed by atoms with Crippen molar-refractivity contribution in [1.29, 1.82) is 0 Å². The average Bonchev–Trinajstić information content (AvgIpc) is 2.38. The van der Waals surface area contributed by atoms with Crippen LogP contribution in [-0.2, 0) is 6.61 Å². The van der Waals surface area contributed by atoms with Crippen LogP contribution in [0, 0.1) is 5.82 Å². The molecule has 94 valence electrons. The van der Waals surface area contributed by atoms with Gasteiger partial charge >= 0.3 is 0 Å². The summed E-state index contributed by atoms with van der Waals surface area (Å²) in [7, 11) is 0. The second-order valence-electron chi connectivity index (χ2n) is 4.64. The molecule has 2 rings (SSSR count). The topological polar surface area (TPSA) is 9.23 Å². The van der Waals surface area contributed by atoms with Crippen molar-refractivity contribution in [3.05, 3.63) is 65.5 Å². The van der Waals surface area contributed by atoms with Gasteiger partial charge < -0.3 is 4.74 Å². The Morgan fingerprint density at radius 2 is 1.56 bits per heavy atom. The molecule has 0 atom stereocenters. The molecule has 0 aliphatic carbocycles. The Hall–Kier alpha value is -1.83. The van der Waals surface area contributed by atoms with Gasteiger partial charge in [-0.25, -0.2) is 4.39 Å². The highest BCUT2D eigenvalue weighted by atomic mass is 19.1. The fourth-order valence-corrected chi connectivity index (χ4v) is 1.70. The monoisotopic (exact) mass is 244 g/mol. The summed E-state index contributed by atoms with van der Waals surface area (Å²) in [6.45, 7) is 4.78. The Morgan fingerprint density at radius 3 is 2.11 bits per heavy atom. The zero-order valence-corrected chi connectivity index (χ0v) is 10.7. The maximum atomic E-state index is 12.7. The van der Waals surface area contributed by atoms with Crippen LogP contribution in [0.5, 0.6) is 5.75 Å². The smallest absolute Gasteiger partial charge is 0.123 e. The molecule has 0 aliphatic heterocycles. The number of hydrogen-bond acceptors (Lipinski definition) is 1. The first-order chi connectivity index (χ1) is 8.65. The predicted molar refractivity (Wildman–Crippen MR) is 71.3 cm³/mol. The molecule has 0 amide bonds. The van der Waals surface area contributed by atoms with E-state index in [1.54, 1.807) is 12.1 Å². The van der Waals surface area contributed by atoms with Gasteiger partial charge in [0.25, 0.3) is 0 Å². The fourth-order valence-electron chi connectivity index (χ4n) is 1.70. The molecule has 0 saturated carbocycles. The van der Waals surface area contributed by atoms with Crippen molar-refractivity contribution in [2.75, 3.05) is 0 Å². The van der Waals surface area contributed by atoms with Crippen LogP contribution in [0.4, 0.5) is 4.39 Å². The second-order valence-corrected chi connectivity index (χ2v) is 4.64. The van der Waals surface area contributed by atoms with Crippen LogP contribution in [0.3, 0.4) is 0 Å². The normalized spacial score (nSPS) is 10.7. The number of ether oxygens (including phenoxy) is 1. The van der Waals surface area contributed by atoms with E-state index >= 15 is 0 Å². The Morgan fingerprint density at radius 1 is 0.944 bits per heavy atom. The van der Waals surface area contributed by atoms with Crippen LogP contribution in [0.2, 0.25) is 0 Å². The SMILES string of the molecule is CC(C)c1ccc(OCc2ccc(F)cc2)cc1. The van der Waals surface area contributed by atoms with Gasteiger partial charge in [-0.2, -0.15) is 0 Å². The number of hydrogen-bond donors (Lipinski definition) is 0. The zero-order chi connectivity index (χ0) is 13.0. The van der Waals surface area contributed by atoms with Crippen LogP contribution in [-0.4, -0.2) is 0 Å².